The van der Waals surface area contributed by atoms with Gasteiger partial charge in [-0.1, -0.05) is 48.6 Å². The molecule has 0 aliphatic heterocycles. The van der Waals surface area contributed by atoms with Crippen molar-refractivity contribution in [3.8, 4) is 17.2 Å². The summed E-state index contributed by atoms with van der Waals surface area (Å²) in [6.45, 7) is 0. The molecule has 0 atom stereocenters. The number of nitrogens with two attached hydrogens (primary N) is 1. The smallest absolute Gasteiger partial charge is 0.286 e. The number of hydrogen-bond donors (Lipinski definition) is 1. The lowest BCUT2D eigenvalue weighted by atomic mass is 9.91. The third-order valence-electron chi connectivity index (χ3n) is 6.55. The van der Waals surface area contributed by atoms with Crippen molar-refractivity contribution in [1.29, 1.82) is 0 Å². The van der Waals surface area contributed by atoms with Crippen molar-refractivity contribution in [2.75, 3.05) is 31.5 Å². The van der Waals surface area contributed by atoms with Crippen molar-refractivity contribution in [3.05, 3.63) is 107 Å². The number of sulfonamides is 1. The van der Waals surface area contributed by atoms with Gasteiger partial charge in [0.2, 0.25) is 5.75 Å². The number of allylic oxidation sites excluding steroid dienone is 8. The number of methoxy groups -OCH3 is 3. The molecule has 0 saturated heterocycles. The fourth-order valence-corrected chi connectivity index (χ4v) is 5.71. The van der Waals surface area contributed by atoms with Gasteiger partial charge in [0.05, 0.1) is 31.9 Å². The Labute approximate surface area is 238 Å². The van der Waals surface area contributed by atoms with Crippen LogP contribution in [-0.2, 0) is 16.4 Å². The largest absolute Gasteiger partial charge is 0.493 e. The molecule has 10 nitrogen and oxygen atoms in total. The Morgan fingerprint density at radius 2 is 1.73 bits per heavy atom. The quantitative estimate of drug-likeness (QED) is 0.369. The molecule has 0 unspecified atom stereocenters. The Morgan fingerprint density at radius 3 is 2.39 bits per heavy atom. The molecule has 0 radical (unpaired) electrons. The summed E-state index contributed by atoms with van der Waals surface area (Å²) in [6.07, 6.45) is 14.0. The average molecular weight is 572 g/mol. The van der Waals surface area contributed by atoms with Crippen LogP contribution in [0.25, 0.3) is 0 Å². The van der Waals surface area contributed by atoms with Crippen LogP contribution in [0.5, 0.6) is 17.2 Å². The highest BCUT2D eigenvalue weighted by molar-refractivity contribution is 7.92. The molecule has 0 spiro atoms. The van der Waals surface area contributed by atoms with E-state index in [9.17, 15) is 8.42 Å². The van der Waals surface area contributed by atoms with Crippen molar-refractivity contribution in [2.24, 2.45) is 5.10 Å². The third-order valence-corrected chi connectivity index (χ3v) is 8.12. The molecule has 1 heterocycles. The number of nitrogen functional groups attached to an aromatic ring is 1. The summed E-state index contributed by atoms with van der Waals surface area (Å²) in [5.74, 6) is 1.39. The predicted molar refractivity (Wildman–Crippen MR) is 158 cm³/mol. The molecule has 210 valence electrons. The van der Waals surface area contributed by atoms with E-state index in [1.807, 2.05) is 30.4 Å². The Hall–Kier alpha value is -4.90. The van der Waals surface area contributed by atoms with Gasteiger partial charge < -0.3 is 19.9 Å². The van der Waals surface area contributed by atoms with Crippen LogP contribution in [0.1, 0.15) is 17.5 Å². The van der Waals surface area contributed by atoms with Gasteiger partial charge in [-0.2, -0.15) is 18.5 Å². The SMILES string of the molecule is COc1cc(Cc2cnc(N(N=C3C=CC=C4CC=CC=C43)S(=O)(=O)c3ccccc3)nc2N)cc(OC)c1OC. The molecule has 2 aromatic carbocycles. The van der Waals surface area contributed by atoms with Gasteiger partial charge >= 0.3 is 0 Å². The highest BCUT2D eigenvalue weighted by atomic mass is 32.2. The summed E-state index contributed by atoms with van der Waals surface area (Å²) in [6, 6.07) is 11.6. The maximum Gasteiger partial charge on any atom is 0.286 e. The molecule has 41 heavy (non-hydrogen) atoms. The van der Waals surface area contributed by atoms with E-state index in [2.05, 4.69) is 15.1 Å². The van der Waals surface area contributed by atoms with Crippen LogP contribution in [0, 0.1) is 0 Å². The van der Waals surface area contributed by atoms with Crippen LogP contribution < -0.4 is 24.4 Å². The van der Waals surface area contributed by atoms with Crippen LogP contribution in [0.3, 0.4) is 0 Å². The fraction of sp³-hybridized carbons (Fsp3) is 0.167. The minimum atomic E-state index is -4.19. The number of nitrogens with zero attached hydrogens (tertiary/aromatic N) is 4. The first-order valence-corrected chi connectivity index (χ1v) is 14.1. The zero-order valence-electron chi connectivity index (χ0n) is 22.8. The highest BCUT2D eigenvalue weighted by Gasteiger charge is 2.29. The Kier molecular flexibility index (Phi) is 7.88. The summed E-state index contributed by atoms with van der Waals surface area (Å²) in [5, 5.41) is 4.56. The summed E-state index contributed by atoms with van der Waals surface area (Å²) in [5.41, 5.74) is 10.1. The molecule has 3 aromatic rings. The number of anilines is 2. The van der Waals surface area contributed by atoms with E-state index >= 15 is 0 Å². The highest BCUT2D eigenvalue weighted by Crippen LogP contribution is 2.39. The molecule has 5 rings (SSSR count). The lowest BCUT2D eigenvalue weighted by Crippen LogP contribution is -2.30. The van der Waals surface area contributed by atoms with Crippen LogP contribution >= 0.6 is 0 Å². The van der Waals surface area contributed by atoms with Gasteiger partial charge in [0.15, 0.2) is 11.5 Å². The van der Waals surface area contributed by atoms with Gasteiger partial charge in [-0.25, -0.2) is 4.98 Å². The Morgan fingerprint density at radius 1 is 1.00 bits per heavy atom. The van der Waals surface area contributed by atoms with E-state index in [0.29, 0.717) is 34.9 Å². The zero-order valence-corrected chi connectivity index (χ0v) is 23.6. The van der Waals surface area contributed by atoms with Crippen LogP contribution in [-0.4, -0.2) is 45.4 Å². The average Bonchev–Trinajstić information content (AvgIpc) is 3.00. The summed E-state index contributed by atoms with van der Waals surface area (Å²) in [4.78, 5) is 8.84. The van der Waals surface area contributed by atoms with Crippen molar-refractivity contribution in [2.45, 2.75) is 17.7 Å². The summed E-state index contributed by atoms with van der Waals surface area (Å²) in [7, 11) is 0.423. The monoisotopic (exact) mass is 571 g/mol. The first kappa shape index (κ1) is 27.7. The molecule has 0 saturated carbocycles. The van der Waals surface area contributed by atoms with Crippen molar-refractivity contribution in [3.63, 3.8) is 0 Å². The van der Waals surface area contributed by atoms with Crippen LogP contribution in [0.4, 0.5) is 11.8 Å². The lowest BCUT2D eigenvalue weighted by molar-refractivity contribution is 0.324. The predicted octanol–water partition coefficient (Wildman–Crippen LogP) is 4.61. The standard InChI is InChI=1S/C30H29N5O5S/c1-38-26-17-20(18-27(39-2)28(26)40-3)16-22-19-32-30(33-29(22)31)35(41(36,37)23-12-5-4-6-13-23)34-25-15-9-11-21-10-7-8-14-24(21)25/h4-9,11-15,17-19H,10,16H2,1-3H3,(H2,31,32,33). The molecule has 0 bridgehead atoms. The lowest BCUT2D eigenvalue weighted by Gasteiger charge is -2.22. The van der Waals surface area contributed by atoms with Gasteiger partial charge in [0, 0.05) is 23.8 Å². The second kappa shape index (κ2) is 11.7. The molecule has 0 fully saturated rings. The van der Waals surface area contributed by atoms with Crippen LogP contribution in [0.15, 0.2) is 106 Å². The zero-order chi connectivity index (χ0) is 29.0. The topological polar surface area (TPSA) is 129 Å². The van der Waals surface area contributed by atoms with E-state index in [1.165, 1.54) is 39.7 Å². The minimum Gasteiger partial charge on any atom is -0.493 e. The summed E-state index contributed by atoms with van der Waals surface area (Å²) < 4.78 is 44.8. The number of hydrazone groups is 1. The molecule has 2 aliphatic carbocycles. The van der Waals surface area contributed by atoms with Crippen molar-refractivity contribution in [1.82, 2.24) is 9.97 Å². The van der Waals surface area contributed by atoms with E-state index in [4.69, 9.17) is 19.9 Å². The van der Waals surface area contributed by atoms with E-state index in [1.54, 1.807) is 36.4 Å². The Bertz CT molecular complexity index is 1700. The molecule has 2 aliphatic rings. The summed E-state index contributed by atoms with van der Waals surface area (Å²) >= 11 is 0. The second-order valence-corrected chi connectivity index (χ2v) is 10.9. The Balaban J connectivity index is 1.56. The van der Waals surface area contributed by atoms with Crippen molar-refractivity contribution >= 4 is 27.5 Å². The maximum absolute atomic E-state index is 13.8. The number of benzene rings is 2. The number of rotatable bonds is 9. The normalized spacial score (nSPS) is 15.1. The molecular weight excluding hydrogens is 542 g/mol. The molecule has 1 aromatic heterocycles. The molecule has 2 N–H and O–H groups in total. The van der Waals surface area contributed by atoms with Gasteiger partial charge in [-0.3, -0.25) is 0 Å². The number of fused-ring (bicyclic) bond motifs is 1. The van der Waals surface area contributed by atoms with Crippen LogP contribution in [0.2, 0.25) is 0 Å². The van der Waals surface area contributed by atoms with E-state index in [0.717, 1.165) is 27.5 Å². The fourth-order valence-electron chi connectivity index (χ4n) is 4.51. The van der Waals surface area contributed by atoms with E-state index < -0.39 is 10.0 Å². The maximum atomic E-state index is 13.8. The van der Waals surface area contributed by atoms with Gasteiger partial charge in [-0.15, -0.1) is 4.41 Å². The molecule has 11 heteroatoms. The number of hydrogen-bond acceptors (Lipinski definition) is 9. The van der Waals surface area contributed by atoms with E-state index in [-0.39, 0.29) is 16.7 Å². The number of ether oxygens (including phenoxy) is 3. The first-order valence-electron chi connectivity index (χ1n) is 12.7. The minimum absolute atomic E-state index is 0.0427. The van der Waals surface area contributed by atoms with Gasteiger partial charge in [-0.05, 0) is 47.9 Å². The second-order valence-electron chi connectivity index (χ2n) is 9.10. The third kappa shape index (κ3) is 5.57. The van der Waals surface area contributed by atoms with Gasteiger partial charge in [0.1, 0.15) is 5.82 Å². The molecular formula is C30H29N5O5S. The first-order chi connectivity index (χ1) is 19.8. The van der Waals surface area contributed by atoms with Gasteiger partial charge in [0.25, 0.3) is 16.0 Å². The molecule has 0 amide bonds. The van der Waals surface area contributed by atoms with Crippen molar-refractivity contribution < 1.29 is 22.6 Å². The number of aromatic nitrogens is 2.